The molecular weight excluding hydrogens is 278 g/mol. The van der Waals surface area contributed by atoms with Crippen molar-refractivity contribution in [3.63, 3.8) is 0 Å². The fourth-order valence-electron chi connectivity index (χ4n) is 3.33. The Morgan fingerprint density at radius 3 is 2.65 bits per heavy atom. The summed E-state index contributed by atoms with van der Waals surface area (Å²) >= 11 is 6.25. The molecule has 20 heavy (non-hydrogen) atoms. The first-order valence-electron chi connectivity index (χ1n) is 7.22. The van der Waals surface area contributed by atoms with Gasteiger partial charge in [-0.3, -0.25) is 4.79 Å². The molecule has 6 heteroatoms. The van der Waals surface area contributed by atoms with Crippen LogP contribution in [0.5, 0.6) is 0 Å². The summed E-state index contributed by atoms with van der Waals surface area (Å²) < 4.78 is 2.18. The molecule has 1 unspecified atom stereocenters. The summed E-state index contributed by atoms with van der Waals surface area (Å²) in [6.07, 6.45) is 3.39. The van der Waals surface area contributed by atoms with Crippen LogP contribution in [0.1, 0.15) is 36.7 Å². The number of halogens is 1. The van der Waals surface area contributed by atoms with Crippen LogP contribution >= 0.6 is 11.6 Å². The van der Waals surface area contributed by atoms with Crippen LogP contribution in [0, 0.1) is 5.92 Å². The predicted molar refractivity (Wildman–Crippen MR) is 76.2 cm³/mol. The Balaban J connectivity index is 1.85. The zero-order valence-corrected chi connectivity index (χ0v) is 12.4. The summed E-state index contributed by atoms with van der Waals surface area (Å²) in [6, 6.07) is 0. The van der Waals surface area contributed by atoms with E-state index in [1.165, 1.54) is 0 Å². The SMILES string of the molecule is CN1CCC(c2nc(Cl)c3n2CCC(C(=O)O)C3)CC1. The second kappa shape index (κ2) is 5.37. The van der Waals surface area contributed by atoms with E-state index in [1.807, 2.05) is 0 Å². The molecule has 3 rings (SSSR count). The number of nitrogens with zero attached hydrogens (tertiary/aromatic N) is 3. The van der Waals surface area contributed by atoms with Crippen molar-refractivity contribution < 1.29 is 9.90 Å². The molecule has 0 radical (unpaired) electrons. The van der Waals surface area contributed by atoms with Crippen molar-refractivity contribution in [2.75, 3.05) is 20.1 Å². The molecule has 110 valence electrons. The van der Waals surface area contributed by atoms with E-state index in [4.69, 9.17) is 16.7 Å². The number of aliphatic carboxylic acids is 1. The molecule has 1 N–H and O–H groups in total. The molecule has 0 spiro atoms. The van der Waals surface area contributed by atoms with E-state index in [2.05, 4.69) is 21.5 Å². The molecule has 0 aliphatic carbocycles. The van der Waals surface area contributed by atoms with Crippen molar-refractivity contribution in [3.05, 3.63) is 16.7 Å². The van der Waals surface area contributed by atoms with Crippen LogP contribution in [0.2, 0.25) is 5.15 Å². The maximum absolute atomic E-state index is 11.1. The van der Waals surface area contributed by atoms with Crippen LogP contribution in [0.15, 0.2) is 0 Å². The van der Waals surface area contributed by atoms with Crippen molar-refractivity contribution >= 4 is 17.6 Å². The lowest BCUT2D eigenvalue weighted by Gasteiger charge is -2.30. The average molecular weight is 298 g/mol. The van der Waals surface area contributed by atoms with E-state index < -0.39 is 5.97 Å². The Kier molecular flexibility index (Phi) is 3.73. The Bertz CT molecular complexity index is 521. The molecule has 2 aliphatic heterocycles. The van der Waals surface area contributed by atoms with Gasteiger partial charge in [0.1, 0.15) is 5.82 Å². The van der Waals surface area contributed by atoms with Crippen LogP contribution in [0.4, 0.5) is 0 Å². The van der Waals surface area contributed by atoms with Crippen LogP contribution in [-0.4, -0.2) is 45.7 Å². The quantitative estimate of drug-likeness (QED) is 0.907. The number of likely N-dealkylation sites (tertiary alicyclic amines) is 1. The lowest BCUT2D eigenvalue weighted by atomic mass is 9.94. The molecule has 2 aliphatic rings. The second-order valence-corrected chi connectivity index (χ2v) is 6.32. The fourth-order valence-corrected chi connectivity index (χ4v) is 3.59. The molecule has 1 aromatic heterocycles. The highest BCUT2D eigenvalue weighted by Gasteiger charge is 2.31. The minimum atomic E-state index is -0.727. The van der Waals surface area contributed by atoms with E-state index in [0.29, 0.717) is 23.9 Å². The molecule has 0 bridgehead atoms. The molecule has 0 amide bonds. The van der Waals surface area contributed by atoms with Crippen molar-refractivity contribution in [2.24, 2.45) is 5.92 Å². The molecule has 1 aromatic rings. The van der Waals surface area contributed by atoms with E-state index >= 15 is 0 Å². The van der Waals surface area contributed by atoms with Gasteiger partial charge in [0.25, 0.3) is 0 Å². The van der Waals surface area contributed by atoms with Crippen molar-refractivity contribution in [2.45, 2.75) is 38.1 Å². The van der Waals surface area contributed by atoms with Gasteiger partial charge in [0, 0.05) is 18.9 Å². The standard InChI is InChI=1S/C14H20ClN3O2/c1-17-5-2-9(3-6-17)13-16-12(15)11-8-10(14(19)20)4-7-18(11)13/h9-10H,2-8H2,1H3,(H,19,20). The second-order valence-electron chi connectivity index (χ2n) is 5.96. The monoisotopic (exact) mass is 297 g/mol. The topological polar surface area (TPSA) is 58.4 Å². The summed E-state index contributed by atoms with van der Waals surface area (Å²) in [5.41, 5.74) is 0.916. The van der Waals surface area contributed by atoms with Crippen molar-refractivity contribution in [3.8, 4) is 0 Å². The summed E-state index contributed by atoms with van der Waals surface area (Å²) in [5, 5.41) is 9.67. The first-order chi connectivity index (χ1) is 9.56. The Morgan fingerprint density at radius 1 is 1.30 bits per heavy atom. The maximum Gasteiger partial charge on any atom is 0.306 e. The molecule has 3 heterocycles. The zero-order valence-electron chi connectivity index (χ0n) is 11.7. The number of hydrogen-bond donors (Lipinski definition) is 1. The van der Waals surface area contributed by atoms with Crippen LogP contribution in [0.3, 0.4) is 0 Å². The van der Waals surface area contributed by atoms with Crippen molar-refractivity contribution in [1.29, 1.82) is 0 Å². The number of carbonyl (C=O) groups is 1. The summed E-state index contributed by atoms with van der Waals surface area (Å²) in [7, 11) is 2.14. The van der Waals surface area contributed by atoms with Gasteiger partial charge >= 0.3 is 5.97 Å². The smallest absolute Gasteiger partial charge is 0.306 e. The zero-order chi connectivity index (χ0) is 14.3. The lowest BCUT2D eigenvalue weighted by molar-refractivity contribution is -0.142. The Labute approximate surface area is 123 Å². The molecule has 0 aromatic carbocycles. The highest BCUT2D eigenvalue weighted by molar-refractivity contribution is 6.30. The number of aromatic nitrogens is 2. The summed E-state index contributed by atoms with van der Waals surface area (Å²) in [5.74, 6) is 0.483. The number of carboxylic acids is 1. The van der Waals surface area contributed by atoms with Gasteiger partial charge in [-0.25, -0.2) is 4.98 Å². The third-order valence-corrected chi connectivity index (χ3v) is 4.93. The van der Waals surface area contributed by atoms with Gasteiger partial charge < -0.3 is 14.6 Å². The highest BCUT2D eigenvalue weighted by atomic mass is 35.5. The third kappa shape index (κ3) is 2.44. The number of imidazole rings is 1. The Morgan fingerprint density at radius 2 is 2.00 bits per heavy atom. The first kappa shape index (κ1) is 13.9. The Hall–Kier alpha value is -1.07. The fraction of sp³-hybridized carbons (Fsp3) is 0.714. The minimum absolute atomic E-state index is 0.318. The van der Waals surface area contributed by atoms with Gasteiger partial charge in [-0.05, 0) is 39.4 Å². The first-order valence-corrected chi connectivity index (χ1v) is 7.60. The lowest BCUT2D eigenvalue weighted by Crippen LogP contribution is -2.31. The number of hydrogen-bond acceptors (Lipinski definition) is 3. The summed E-state index contributed by atoms with van der Waals surface area (Å²) in [4.78, 5) is 18.0. The molecular formula is C14H20ClN3O2. The van der Waals surface area contributed by atoms with Crippen LogP contribution < -0.4 is 0 Å². The van der Waals surface area contributed by atoms with E-state index in [9.17, 15) is 4.79 Å². The van der Waals surface area contributed by atoms with Gasteiger partial charge in [-0.15, -0.1) is 0 Å². The summed E-state index contributed by atoms with van der Waals surface area (Å²) in [6.45, 7) is 2.90. The van der Waals surface area contributed by atoms with Gasteiger partial charge in [0.05, 0.1) is 11.6 Å². The average Bonchev–Trinajstić information content (AvgIpc) is 2.76. The van der Waals surface area contributed by atoms with Gasteiger partial charge in [0.2, 0.25) is 0 Å². The maximum atomic E-state index is 11.1. The molecule has 5 nitrogen and oxygen atoms in total. The van der Waals surface area contributed by atoms with Crippen LogP contribution in [-0.2, 0) is 17.8 Å². The molecule has 1 fully saturated rings. The number of carboxylic acid groups (broad SMARTS) is 1. The predicted octanol–water partition coefficient (Wildman–Crippen LogP) is 1.99. The molecule has 1 saturated heterocycles. The van der Waals surface area contributed by atoms with E-state index in [1.54, 1.807) is 0 Å². The number of rotatable bonds is 2. The van der Waals surface area contributed by atoms with E-state index in [-0.39, 0.29) is 5.92 Å². The van der Waals surface area contributed by atoms with E-state index in [0.717, 1.165) is 44.0 Å². The number of piperidine rings is 1. The molecule has 1 atom stereocenters. The van der Waals surface area contributed by atoms with Gasteiger partial charge in [-0.1, -0.05) is 11.6 Å². The number of fused-ring (bicyclic) bond motifs is 1. The largest absolute Gasteiger partial charge is 0.481 e. The highest BCUT2D eigenvalue weighted by Crippen LogP contribution is 2.34. The van der Waals surface area contributed by atoms with Gasteiger partial charge in [-0.2, -0.15) is 0 Å². The van der Waals surface area contributed by atoms with Gasteiger partial charge in [0.15, 0.2) is 5.15 Å². The normalized spacial score (nSPS) is 24.6. The van der Waals surface area contributed by atoms with Crippen LogP contribution in [0.25, 0.3) is 0 Å². The third-order valence-electron chi connectivity index (χ3n) is 4.63. The molecule has 0 saturated carbocycles. The minimum Gasteiger partial charge on any atom is -0.481 e. The van der Waals surface area contributed by atoms with Crippen molar-refractivity contribution in [1.82, 2.24) is 14.5 Å².